The van der Waals surface area contributed by atoms with Crippen molar-refractivity contribution in [3.63, 3.8) is 0 Å². The van der Waals surface area contributed by atoms with Crippen molar-refractivity contribution in [2.75, 3.05) is 0 Å². The number of rotatable bonds is 7. The Morgan fingerprint density at radius 1 is 0.769 bits per heavy atom. The maximum absolute atomic E-state index is 14.4. The lowest BCUT2D eigenvalue weighted by molar-refractivity contribution is -0.571. The van der Waals surface area contributed by atoms with E-state index in [1.807, 2.05) is 13.8 Å². The maximum Gasteiger partial charge on any atom is 0.223 e. The first-order valence-electron chi connectivity index (χ1n) is 20.1. The number of carbonyl (C=O) groups is 1. The third-order valence-corrected chi connectivity index (χ3v) is 15.2. The topological polar surface area (TPSA) is 116 Å². The normalized spacial score (nSPS) is 51.1. The zero-order valence-corrected chi connectivity index (χ0v) is 31.5. The number of halogens is 1. The molecule has 11 rings (SSSR count). The molecule has 8 aliphatic heterocycles. The fourth-order valence-electron chi connectivity index (χ4n) is 12.2. The van der Waals surface area contributed by atoms with E-state index in [4.69, 9.17) is 38.5 Å². The molecule has 10 fully saturated rings. The second-order valence-corrected chi connectivity index (χ2v) is 18.2. The predicted molar refractivity (Wildman–Crippen MR) is 182 cm³/mol. The minimum atomic E-state index is -0.880. The lowest BCUT2D eigenvalue weighted by Gasteiger charge is -2.61. The Labute approximate surface area is 306 Å². The molecule has 1 N–H and O–H groups in total. The van der Waals surface area contributed by atoms with Gasteiger partial charge in [0.2, 0.25) is 23.4 Å². The summed E-state index contributed by atoms with van der Waals surface area (Å²) in [5.41, 5.74) is -0.891. The van der Waals surface area contributed by atoms with Crippen LogP contribution in [0.15, 0.2) is 18.2 Å². The molecule has 8 saturated heterocycles. The van der Waals surface area contributed by atoms with Gasteiger partial charge in [-0.3, -0.25) is 4.79 Å². The van der Waals surface area contributed by atoms with Crippen molar-refractivity contribution in [3.8, 4) is 0 Å². The van der Waals surface area contributed by atoms with E-state index in [2.05, 4.69) is 38.0 Å². The Bertz CT molecular complexity index is 1460. The number of pyridine rings is 1. The number of fused-ring (bicyclic) bond motifs is 4. The number of ether oxygens (including phenoxy) is 4. The second kappa shape index (κ2) is 12.9. The van der Waals surface area contributed by atoms with E-state index in [9.17, 15) is 9.18 Å². The highest BCUT2D eigenvalue weighted by molar-refractivity contribution is 5.78. The number of nitrogens with one attached hydrogen (secondary N) is 1. The van der Waals surface area contributed by atoms with Crippen molar-refractivity contribution >= 4 is 5.91 Å². The molecule has 288 valence electrons. The van der Waals surface area contributed by atoms with Gasteiger partial charge in [0.25, 0.3) is 0 Å². The molecule has 16 atom stereocenters. The highest BCUT2D eigenvalue weighted by Gasteiger charge is 2.71. The molecule has 9 heterocycles. The van der Waals surface area contributed by atoms with Crippen molar-refractivity contribution < 1.29 is 47.7 Å². The van der Waals surface area contributed by atoms with Crippen LogP contribution in [0.5, 0.6) is 0 Å². The first-order chi connectivity index (χ1) is 24.8. The predicted octanol–water partition coefficient (Wildman–Crippen LogP) is 6.73. The summed E-state index contributed by atoms with van der Waals surface area (Å²) in [6.07, 6.45) is 6.79. The van der Waals surface area contributed by atoms with Gasteiger partial charge in [-0.15, -0.1) is 0 Å². The molecule has 2 aliphatic carbocycles. The summed E-state index contributed by atoms with van der Waals surface area (Å²) >= 11 is 0. The zero-order chi connectivity index (χ0) is 36.2. The average molecular weight is 729 g/mol. The number of nitrogens with zero attached hydrogens (tertiary/aromatic N) is 1. The quantitative estimate of drug-likeness (QED) is 0.239. The Kier molecular flexibility index (Phi) is 8.90. The van der Waals surface area contributed by atoms with Gasteiger partial charge in [0, 0.05) is 30.6 Å². The molecule has 12 heteroatoms. The van der Waals surface area contributed by atoms with E-state index in [-0.39, 0.29) is 60.2 Å². The molecule has 1 aromatic heterocycles. The van der Waals surface area contributed by atoms with Gasteiger partial charge >= 0.3 is 0 Å². The number of amides is 1. The van der Waals surface area contributed by atoms with Gasteiger partial charge in [0.05, 0.1) is 24.4 Å². The molecule has 2 spiro atoms. The molecular formula is C40H57FN2O9. The third kappa shape index (κ3) is 5.55. The number of hydrogen-bond acceptors (Lipinski definition) is 10. The minimum Gasteiger partial charge on any atom is -0.350 e. The lowest BCUT2D eigenvalue weighted by Crippen LogP contribution is -2.70. The van der Waals surface area contributed by atoms with E-state index >= 15 is 0 Å². The molecule has 1 aromatic rings. The molecular weight excluding hydrogens is 671 g/mol. The van der Waals surface area contributed by atoms with Crippen molar-refractivity contribution in [2.24, 2.45) is 53.3 Å². The first-order valence-corrected chi connectivity index (χ1v) is 20.1. The van der Waals surface area contributed by atoms with Crippen LogP contribution in [0.3, 0.4) is 0 Å². The first kappa shape index (κ1) is 35.9. The van der Waals surface area contributed by atoms with Gasteiger partial charge < -0.3 is 24.3 Å². The summed E-state index contributed by atoms with van der Waals surface area (Å²) in [5.74, 6) is -1.03. The third-order valence-electron chi connectivity index (χ3n) is 15.2. The fraction of sp³-hybridized carbons (Fsp3) is 0.850. The molecule has 11 nitrogen and oxygen atoms in total. The van der Waals surface area contributed by atoms with Gasteiger partial charge in [-0.1, -0.05) is 33.8 Å². The average Bonchev–Trinajstić information content (AvgIpc) is 3.49. The monoisotopic (exact) mass is 728 g/mol. The highest BCUT2D eigenvalue weighted by Crippen LogP contribution is 2.63. The maximum atomic E-state index is 14.4. The van der Waals surface area contributed by atoms with E-state index in [0.29, 0.717) is 30.4 Å². The van der Waals surface area contributed by atoms with Crippen LogP contribution in [0.1, 0.15) is 111 Å². The molecule has 0 radical (unpaired) electrons. The number of aromatic nitrogens is 1. The van der Waals surface area contributed by atoms with Gasteiger partial charge in [0.15, 0.2) is 23.8 Å². The molecule has 4 bridgehead atoms. The van der Waals surface area contributed by atoms with Crippen LogP contribution in [0.25, 0.3) is 0 Å². The smallest absolute Gasteiger partial charge is 0.223 e. The molecule has 2 saturated carbocycles. The summed E-state index contributed by atoms with van der Waals surface area (Å²) < 4.78 is 41.3. The van der Waals surface area contributed by atoms with Gasteiger partial charge in [-0.25, -0.2) is 24.5 Å². The van der Waals surface area contributed by atoms with Gasteiger partial charge in [-0.2, -0.15) is 4.39 Å². The molecule has 0 unspecified atom stereocenters. The van der Waals surface area contributed by atoms with Crippen LogP contribution in [0.4, 0.5) is 4.39 Å². The Balaban J connectivity index is 1.01. The molecule has 0 aromatic carbocycles. The number of hydrogen-bond donors (Lipinski definition) is 1. The van der Waals surface area contributed by atoms with Crippen molar-refractivity contribution in [1.82, 2.24) is 10.3 Å². The second-order valence-electron chi connectivity index (χ2n) is 18.2. The van der Waals surface area contributed by atoms with Crippen LogP contribution >= 0.6 is 0 Å². The van der Waals surface area contributed by atoms with E-state index in [1.165, 1.54) is 6.07 Å². The van der Waals surface area contributed by atoms with Gasteiger partial charge in [0.1, 0.15) is 0 Å². The zero-order valence-electron chi connectivity index (χ0n) is 31.5. The lowest BCUT2D eigenvalue weighted by atomic mass is 9.56. The van der Waals surface area contributed by atoms with Crippen molar-refractivity contribution in [3.05, 3.63) is 29.8 Å². The van der Waals surface area contributed by atoms with Crippen LogP contribution in [0, 0.1) is 59.2 Å². The van der Waals surface area contributed by atoms with E-state index in [1.54, 1.807) is 12.1 Å². The SMILES string of the molecule is C[C@H]1[C@@H](CC(C[C@H]2O[C@@H]3O[C@]4(C)CC[C@H]5[C@H](C)CC[C@@H]([C@H]2C)[C@@]35OO4)C(=O)NCc2cccc(F)n2)O[C@@H]2O[C@]3(C)CC[C@H]4[C@H](C)CC[C@@H]1[C@@]24OO3. The standard InChI is InChI=1S/C40H57FN2O9/c1-21-10-12-29-23(3)31(45-35-39(29)27(21)14-16-37(5,47-35)49-51-39)18-25(34(44)42-20-26-8-7-9-33(41)43-26)19-32-24(4)30-13-11-22(2)28-15-17-38(6)48-36(46-32)40(28,30)52-50-38/h7-9,21-25,27-32,35-36H,10-20H2,1-6H3,(H,42,44)/t21-,22-,23-,24-,27+,28+,29+,30+,31-,32-,35-,36-,37+,38+,39-,40-/m1/s1. The summed E-state index contributed by atoms with van der Waals surface area (Å²) in [6.45, 7) is 13.1. The summed E-state index contributed by atoms with van der Waals surface area (Å²) in [4.78, 5) is 43.3. The van der Waals surface area contributed by atoms with Crippen LogP contribution in [0.2, 0.25) is 0 Å². The number of carbonyl (C=O) groups excluding carboxylic acids is 1. The van der Waals surface area contributed by atoms with Crippen LogP contribution in [-0.4, -0.2) is 58.5 Å². The Hall–Kier alpha value is -1.77. The fourth-order valence-corrected chi connectivity index (χ4v) is 12.2. The van der Waals surface area contributed by atoms with Crippen molar-refractivity contribution in [2.45, 2.75) is 160 Å². The molecule has 1 amide bonds. The summed E-state index contributed by atoms with van der Waals surface area (Å²) in [7, 11) is 0. The van der Waals surface area contributed by atoms with Crippen LogP contribution in [-0.2, 0) is 49.8 Å². The molecule has 10 aliphatic rings. The summed E-state index contributed by atoms with van der Waals surface area (Å²) in [5, 5.41) is 3.10. The van der Waals surface area contributed by atoms with Crippen molar-refractivity contribution in [1.29, 1.82) is 0 Å². The summed E-state index contributed by atoms with van der Waals surface area (Å²) in [6, 6.07) is 4.64. The largest absolute Gasteiger partial charge is 0.350 e. The Morgan fingerprint density at radius 2 is 1.29 bits per heavy atom. The minimum absolute atomic E-state index is 0.0843. The van der Waals surface area contributed by atoms with Gasteiger partial charge in [-0.05, 0) is 113 Å². The Morgan fingerprint density at radius 3 is 1.79 bits per heavy atom. The van der Waals surface area contributed by atoms with Crippen LogP contribution < -0.4 is 5.32 Å². The molecule has 52 heavy (non-hydrogen) atoms. The van der Waals surface area contributed by atoms with E-state index < -0.39 is 47.2 Å². The van der Waals surface area contributed by atoms with E-state index in [0.717, 1.165) is 51.4 Å². The highest BCUT2D eigenvalue weighted by atomic mass is 19.1.